The molecule has 0 aromatic heterocycles. The lowest BCUT2D eigenvalue weighted by Gasteiger charge is -2.38. The van der Waals surface area contributed by atoms with E-state index >= 15 is 0 Å². The third kappa shape index (κ3) is 3.79. The molecule has 28 heavy (non-hydrogen) atoms. The van der Waals surface area contributed by atoms with Crippen LogP contribution in [-0.4, -0.2) is 24.8 Å². The Labute approximate surface area is 167 Å². The lowest BCUT2D eigenvalue weighted by atomic mass is 9.78. The van der Waals surface area contributed by atoms with Crippen molar-refractivity contribution in [3.63, 3.8) is 0 Å². The highest BCUT2D eigenvalue weighted by atomic mass is 16.5. The van der Waals surface area contributed by atoms with Gasteiger partial charge in [-0.25, -0.2) is 4.79 Å². The molecule has 0 saturated heterocycles. The van der Waals surface area contributed by atoms with E-state index in [0.717, 1.165) is 38.5 Å². The topological polar surface area (TPSA) is 64.3 Å². The molecule has 1 saturated carbocycles. The maximum absolute atomic E-state index is 12.7. The Morgan fingerprint density at radius 1 is 1.00 bits per heavy atom. The zero-order valence-electron chi connectivity index (χ0n) is 16.5. The molecule has 0 unspecified atom stereocenters. The molecule has 148 valence electrons. The van der Waals surface area contributed by atoms with Gasteiger partial charge in [-0.3, -0.25) is 0 Å². The van der Waals surface area contributed by atoms with Gasteiger partial charge < -0.3 is 15.8 Å². The maximum Gasteiger partial charge on any atom is 0.407 e. The van der Waals surface area contributed by atoms with Crippen molar-refractivity contribution in [2.75, 3.05) is 13.2 Å². The van der Waals surface area contributed by atoms with Crippen molar-refractivity contribution >= 4 is 6.09 Å². The lowest BCUT2D eigenvalue weighted by Crippen LogP contribution is -2.50. The highest BCUT2D eigenvalue weighted by molar-refractivity contribution is 5.79. The second-order valence-electron chi connectivity index (χ2n) is 8.18. The first kappa shape index (κ1) is 19.0. The number of hydrogen-bond donors (Lipinski definition) is 2. The minimum atomic E-state index is -0.291. The Balaban J connectivity index is 1.45. The SMILES string of the molecule is NCCCC1(NC(=O)OCC2c3ccccc3-c3ccccc32)CCCCC1. The molecule has 4 nitrogen and oxygen atoms in total. The van der Waals surface area contributed by atoms with Crippen LogP contribution in [-0.2, 0) is 4.74 Å². The number of nitrogens with two attached hydrogens (primary N) is 1. The van der Waals surface area contributed by atoms with Gasteiger partial charge in [-0.1, -0.05) is 67.8 Å². The van der Waals surface area contributed by atoms with Crippen molar-refractivity contribution in [2.45, 2.75) is 56.4 Å². The summed E-state index contributed by atoms with van der Waals surface area (Å²) in [5.74, 6) is 0.101. The molecule has 1 fully saturated rings. The van der Waals surface area contributed by atoms with E-state index in [0.29, 0.717) is 13.2 Å². The van der Waals surface area contributed by atoms with Crippen LogP contribution in [0.3, 0.4) is 0 Å². The van der Waals surface area contributed by atoms with Crippen LogP contribution >= 0.6 is 0 Å². The van der Waals surface area contributed by atoms with Crippen molar-refractivity contribution in [1.82, 2.24) is 5.32 Å². The number of fused-ring (bicyclic) bond motifs is 3. The van der Waals surface area contributed by atoms with Gasteiger partial charge in [-0.15, -0.1) is 0 Å². The van der Waals surface area contributed by atoms with Crippen LogP contribution in [0.25, 0.3) is 11.1 Å². The molecule has 2 aliphatic rings. The third-order valence-electron chi connectivity index (χ3n) is 6.38. The van der Waals surface area contributed by atoms with Crippen molar-refractivity contribution in [3.8, 4) is 11.1 Å². The first-order valence-corrected chi connectivity index (χ1v) is 10.6. The van der Waals surface area contributed by atoms with Gasteiger partial charge >= 0.3 is 6.09 Å². The monoisotopic (exact) mass is 378 g/mol. The predicted molar refractivity (Wildman–Crippen MR) is 112 cm³/mol. The molecule has 4 rings (SSSR count). The molecule has 0 heterocycles. The average Bonchev–Trinajstić information content (AvgIpc) is 3.05. The van der Waals surface area contributed by atoms with Gasteiger partial charge in [0.1, 0.15) is 6.61 Å². The van der Waals surface area contributed by atoms with E-state index in [1.807, 2.05) is 0 Å². The predicted octanol–water partition coefficient (Wildman–Crippen LogP) is 4.97. The van der Waals surface area contributed by atoms with E-state index in [4.69, 9.17) is 10.5 Å². The first-order valence-electron chi connectivity index (χ1n) is 10.6. The number of ether oxygens (including phenoxy) is 1. The number of hydrogen-bond acceptors (Lipinski definition) is 3. The zero-order chi connectivity index (χ0) is 19.4. The lowest BCUT2D eigenvalue weighted by molar-refractivity contribution is 0.117. The van der Waals surface area contributed by atoms with Crippen LogP contribution in [0.2, 0.25) is 0 Å². The molecule has 0 bridgehead atoms. The summed E-state index contributed by atoms with van der Waals surface area (Å²) in [7, 11) is 0. The van der Waals surface area contributed by atoms with Crippen LogP contribution in [0.4, 0.5) is 4.79 Å². The normalized spacial score (nSPS) is 17.6. The summed E-state index contributed by atoms with van der Waals surface area (Å²) < 4.78 is 5.77. The molecule has 2 aromatic rings. The molecule has 1 amide bonds. The van der Waals surface area contributed by atoms with Gasteiger partial charge in [0, 0.05) is 11.5 Å². The molecular formula is C24H30N2O2. The number of rotatable bonds is 6. The fourth-order valence-electron chi connectivity index (χ4n) is 4.96. The Morgan fingerprint density at radius 2 is 1.61 bits per heavy atom. The maximum atomic E-state index is 12.7. The summed E-state index contributed by atoms with van der Waals surface area (Å²) in [6.07, 6.45) is 7.20. The van der Waals surface area contributed by atoms with E-state index in [-0.39, 0.29) is 17.6 Å². The van der Waals surface area contributed by atoms with Crippen molar-refractivity contribution in [3.05, 3.63) is 59.7 Å². The van der Waals surface area contributed by atoms with Crippen LogP contribution in [0.1, 0.15) is 62.0 Å². The number of amides is 1. The minimum Gasteiger partial charge on any atom is -0.449 e. The Morgan fingerprint density at radius 3 is 2.21 bits per heavy atom. The van der Waals surface area contributed by atoms with Crippen LogP contribution in [0, 0.1) is 0 Å². The average molecular weight is 379 g/mol. The number of benzene rings is 2. The van der Waals surface area contributed by atoms with Crippen LogP contribution < -0.4 is 11.1 Å². The van der Waals surface area contributed by atoms with Crippen molar-refractivity contribution in [1.29, 1.82) is 0 Å². The largest absolute Gasteiger partial charge is 0.449 e. The molecule has 4 heteroatoms. The minimum absolute atomic E-state index is 0.101. The summed E-state index contributed by atoms with van der Waals surface area (Å²) in [6.45, 7) is 1.03. The highest BCUT2D eigenvalue weighted by Crippen LogP contribution is 2.44. The highest BCUT2D eigenvalue weighted by Gasteiger charge is 2.34. The van der Waals surface area contributed by atoms with E-state index in [9.17, 15) is 4.79 Å². The molecule has 0 atom stereocenters. The summed E-state index contributed by atoms with van der Waals surface area (Å²) in [5.41, 5.74) is 10.6. The van der Waals surface area contributed by atoms with E-state index < -0.39 is 0 Å². The van der Waals surface area contributed by atoms with E-state index in [2.05, 4.69) is 53.8 Å². The van der Waals surface area contributed by atoms with Gasteiger partial charge in [0.05, 0.1) is 0 Å². The molecule has 2 aromatic carbocycles. The molecule has 3 N–H and O–H groups in total. The zero-order valence-corrected chi connectivity index (χ0v) is 16.5. The second kappa shape index (κ2) is 8.36. The first-order chi connectivity index (χ1) is 13.7. The van der Waals surface area contributed by atoms with Gasteiger partial charge in [-0.05, 0) is 54.5 Å². The molecule has 0 aliphatic heterocycles. The number of carbonyl (C=O) groups is 1. The van der Waals surface area contributed by atoms with Gasteiger partial charge in [0.25, 0.3) is 0 Å². The standard InChI is InChI=1S/C24H30N2O2/c25-16-8-15-24(13-6-1-7-14-24)26-23(27)28-17-22-20-11-4-2-9-18(20)19-10-3-5-12-21(19)22/h2-5,9-12,22H,1,6-8,13-17,25H2,(H,26,27). The van der Waals surface area contributed by atoms with Crippen molar-refractivity contribution < 1.29 is 9.53 Å². The number of carbonyl (C=O) groups excluding carboxylic acids is 1. The summed E-state index contributed by atoms with van der Waals surface area (Å²) in [4.78, 5) is 12.7. The van der Waals surface area contributed by atoms with Crippen LogP contribution in [0.5, 0.6) is 0 Å². The van der Waals surface area contributed by atoms with E-state index in [1.165, 1.54) is 28.7 Å². The van der Waals surface area contributed by atoms with Gasteiger partial charge in [0.15, 0.2) is 0 Å². The molecular weight excluding hydrogens is 348 g/mol. The summed E-state index contributed by atoms with van der Waals surface area (Å²) >= 11 is 0. The quantitative estimate of drug-likeness (QED) is 0.746. The number of nitrogens with one attached hydrogen (secondary N) is 1. The molecule has 0 spiro atoms. The fourth-order valence-corrected chi connectivity index (χ4v) is 4.96. The van der Waals surface area contributed by atoms with Crippen molar-refractivity contribution in [2.24, 2.45) is 5.73 Å². The smallest absolute Gasteiger partial charge is 0.407 e. The molecule has 0 radical (unpaired) electrons. The number of alkyl carbamates (subject to hydrolysis) is 1. The molecule has 2 aliphatic carbocycles. The fraction of sp³-hybridized carbons (Fsp3) is 0.458. The van der Waals surface area contributed by atoms with Crippen LogP contribution in [0.15, 0.2) is 48.5 Å². The van der Waals surface area contributed by atoms with Gasteiger partial charge in [-0.2, -0.15) is 0 Å². The second-order valence-corrected chi connectivity index (χ2v) is 8.18. The Hall–Kier alpha value is -2.33. The van der Waals surface area contributed by atoms with E-state index in [1.54, 1.807) is 0 Å². The Bertz CT molecular complexity index is 781. The summed E-state index contributed by atoms with van der Waals surface area (Å²) in [5, 5.41) is 3.22. The van der Waals surface area contributed by atoms with Gasteiger partial charge in [0.2, 0.25) is 0 Å². The summed E-state index contributed by atoms with van der Waals surface area (Å²) in [6, 6.07) is 16.8. The third-order valence-corrected chi connectivity index (χ3v) is 6.38. The Kier molecular flexibility index (Phi) is 5.67.